The average molecular weight is 498 g/mol. The second-order valence-electron chi connectivity index (χ2n) is 9.96. The molecule has 7 nitrogen and oxygen atoms in total. The van der Waals surface area contributed by atoms with Crippen LogP contribution in [0.15, 0.2) is 36.2 Å². The van der Waals surface area contributed by atoms with Crippen LogP contribution in [0.4, 0.5) is 22.4 Å². The first-order valence-corrected chi connectivity index (χ1v) is 11.7. The molecule has 0 unspecified atom stereocenters. The van der Waals surface area contributed by atoms with Gasteiger partial charge in [0.25, 0.3) is 0 Å². The third-order valence-electron chi connectivity index (χ3n) is 7.49. The van der Waals surface area contributed by atoms with Crippen LogP contribution in [0.3, 0.4) is 0 Å². The van der Waals surface area contributed by atoms with Gasteiger partial charge in [0.05, 0.1) is 25.3 Å². The van der Waals surface area contributed by atoms with E-state index in [4.69, 9.17) is 10.1 Å². The Labute approximate surface area is 202 Å². The standard InChI is InChI=1S/C24H31F4N5O2/c1-32(2)23(17-4-3-5-18(25)10-17)8-6-22(7-9-23)15-33(21(34)31-22)20(11-19(29)24(26,27)28)30-12-16-13-35-14-16/h3-5,10-11,16,29-30H,6-9,12-15H2,1-2H3,(H,31,34)/b20-11+,29-19?/t22-,23+. The van der Waals surface area contributed by atoms with E-state index < -0.39 is 29.0 Å². The van der Waals surface area contributed by atoms with Crippen LogP contribution >= 0.6 is 0 Å². The number of nitrogens with zero attached hydrogens (tertiary/aromatic N) is 2. The minimum absolute atomic E-state index is 0.0387. The van der Waals surface area contributed by atoms with E-state index in [2.05, 4.69) is 15.5 Å². The van der Waals surface area contributed by atoms with Gasteiger partial charge in [-0.15, -0.1) is 0 Å². The Morgan fingerprint density at radius 1 is 1.29 bits per heavy atom. The number of hydrogen-bond donors (Lipinski definition) is 3. The van der Waals surface area contributed by atoms with Crippen LogP contribution in [0.25, 0.3) is 0 Å². The average Bonchev–Trinajstić information content (AvgIpc) is 3.07. The molecule has 2 heterocycles. The summed E-state index contributed by atoms with van der Waals surface area (Å²) in [7, 11) is 3.89. The lowest BCUT2D eigenvalue weighted by Gasteiger charge is -2.48. The van der Waals surface area contributed by atoms with Gasteiger partial charge in [-0.1, -0.05) is 12.1 Å². The third-order valence-corrected chi connectivity index (χ3v) is 7.49. The Morgan fingerprint density at radius 3 is 2.51 bits per heavy atom. The van der Waals surface area contributed by atoms with Crippen molar-refractivity contribution in [3.8, 4) is 0 Å². The van der Waals surface area contributed by atoms with Crippen LogP contribution in [0.5, 0.6) is 0 Å². The first-order valence-electron chi connectivity index (χ1n) is 11.7. The van der Waals surface area contributed by atoms with Crippen molar-refractivity contribution in [2.75, 3.05) is 40.4 Å². The molecule has 3 N–H and O–H groups in total. The maximum absolute atomic E-state index is 14.0. The molecule has 192 valence electrons. The van der Waals surface area contributed by atoms with Crippen LogP contribution in [0.1, 0.15) is 31.2 Å². The molecule has 1 aromatic rings. The van der Waals surface area contributed by atoms with E-state index in [-0.39, 0.29) is 24.1 Å². The molecule has 2 saturated heterocycles. The molecule has 0 atom stereocenters. The number of carbonyl (C=O) groups is 1. The van der Waals surface area contributed by atoms with Gasteiger partial charge in [0, 0.05) is 24.1 Å². The molecule has 0 bridgehead atoms. The number of hydrogen-bond acceptors (Lipinski definition) is 5. The van der Waals surface area contributed by atoms with E-state index in [1.54, 1.807) is 6.07 Å². The Morgan fingerprint density at radius 2 is 1.97 bits per heavy atom. The predicted molar refractivity (Wildman–Crippen MR) is 122 cm³/mol. The van der Waals surface area contributed by atoms with Gasteiger partial charge in [-0.2, -0.15) is 13.2 Å². The maximum atomic E-state index is 14.0. The second-order valence-corrected chi connectivity index (χ2v) is 9.96. The Kier molecular flexibility index (Phi) is 6.85. The smallest absolute Gasteiger partial charge is 0.381 e. The van der Waals surface area contributed by atoms with Crippen molar-refractivity contribution >= 4 is 11.7 Å². The van der Waals surface area contributed by atoms with E-state index in [0.29, 0.717) is 51.5 Å². The Balaban J connectivity index is 1.53. The first-order chi connectivity index (χ1) is 16.4. The molecule has 0 radical (unpaired) electrons. The van der Waals surface area contributed by atoms with Crippen molar-refractivity contribution in [1.82, 2.24) is 20.4 Å². The number of carbonyl (C=O) groups excluding carboxylic acids is 1. The van der Waals surface area contributed by atoms with E-state index in [1.807, 2.05) is 20.2 Å². The monoisotopic (exact) mass is 497 g/mol. The van der Waals surface area contributed by atoms with E-state index >= 15 is 0 Å². The molecule has 3 aliphatic rings. The predicted octanol–water partition coefficient (Wildman–Crippen LogP) is 3.58. The summed E-state index contributed by atoms with van der Waals surface area (Å²) in [6, 6.07) is 6.03. The molecule has 3 fully saturated rings. The van der Waals surface area contributed by atoms with Crippen molar-refractivity contribution in [2.24, 2.45) is 5.92 Å². The molecule has 0 aromatic heterocycles. The van der Waals surface area contributed by atoms with E-state index in [0.717, 1.165) is 5.56 Å². The molecule has 4 rings (SSSR count). The summed E-state index contributed by atoms with van der Waals surface area (Å²) in [5, 5.41) is 13.4. The fourth-order valence-electron chi connectivity index (χ4n) is 5.19. The van der Waals surface area contributed by atoms with Gasteiger partial charge >= 0.3 is 12.2 Å². The summed E-state index contributed by atoms with van der Waals surface area (Å²) in [5.74, 6) is -0.211. The van der Waals surface area contributed by atoms with Crippen LogP contribution in [0.2, 0.25) is 0 Å². The van der Waals surface area contributed by atoms with Crippen molar-refractivity contribution in [3.05, 3.63) is 47.5 Å². The summed E-state index contributed by atoms with van der Waals surface area (Å²) in [5.41, 5.74) is -1.70. The lowest BCUT2D eigenvalue weighted by Crippen LogP contribution is -2.54. The minimum Gasteiger partial charge on any atom is -0.381 e. The second kappa shape index (κ2) is 9.42. The van der Waals surface area contributed by atoms with Crippen LogP contribution in [-0.4, -0.2) is 73.7 Å². The van der Waals surface area contributed by atoms with Gasteiger partial charge in [0.1, 0.15) is 17.3 Å². The van der Waals surface area contributed by atoms with Crippen LogP contribution in [-0.2, 0) is 10.3 Å². The number of rotatable bonds is 7. The van der Waals surface area contributed by atoms with Gasteiger partial charge in [-0.25, -0.2) is 9.18 Å². The molecule has 1 spiro atoms. The SMILES string of the molecule is CN(C)[C@]1(c2cccc(F)c2)CC[C@]2(CC1)CN(/C(=C/C(=N)C(F)(F)F)NCC1COC1)C(=O)N2. The van der Waals surface area contributed by atoms with E-state index in [9.17, 15) is 22.4 Å². The van der Waals surface area contributed by atoms with Gasteiger partial charge in [0.15, 0.2) is 0 Å². The highest BCUT2D eigenvalue weighted by Crippen LogP contribution is 2.46. The minimum atomic E-state index is -4.82. The molecule has 1 aliphatic carbocycles. The number of ether oxygens (including phenoxy) is 1. The Hall–Kier alpha value is -2.66. The lowest BCUT2D eigenvalue weighted by atomic mass is 9.69. The number of urea groups is 1. The fourth-order valence-corrected chi connectivity index (χ4v) is 5.19. The van der Waals surface area contributed by atoms with Gasteiger partial charge in [-0.05, 0) is 57.5 Å². The molecule has 1 aromatic carbocycles. The number of amides is 2. The highest BCUT2D eigenvalue weighted by Gasteiger charge is 2.51. The summed E-state index contributed by atoms with van der Waals surface area (Å²) in [6.45, 7) is 1.53. The van der Waals surface area contributed by atoms with Crippen molar-refractivity contribution in [3.63, 3.8) is 0 Å². The van der Waals surface area contributed by atoms with Gasteiger partial charge < -0.3 is 15.4 Å². The zero-order valence-electron chi connectivity index (χ0n) is 19.8. The lowest BCUT2D eigenvalue weighted by molar-refractivity contribution is -0.0585. The normalized spacial score (nSPS) is 27.8. The molecule has 11 heteroatoms. The molecular weight excluding hydrogens is 466 g/mol. The topological polar surface area (TPSA) is 80.7 Å². The highest BCUT2D eigenvalue weighted by atomic mass is 19.4. The summed E-state index contributed by atoms with van der Waals surface area (Å²) >= 11 is 0. The number of allylic oxidation sites excluding steroid dienone is 1. The molecule has 2 amide bonds. The Bertz CT molecular complexity index is 998. The van der Waals surface area contributed by atoms with Gasteiger partial charge in [-0.3, -0.25) is 15.2 Å². The fraction of sp³-hybridized carbons (Fsp3) is 0.583. The van der Waals surface area contributed by atoms with Gasteiger partial charge in [0.2, 0.25) is 0 Å². The highest BCUT2D eigenvalue weighted by molar-refractivity contribution is 5.97. The number of halogens is 4. The quantitative estimate of drug-likeness (QED) is 0.398. The number of alkyl halides is 3. The summed E-state index contributed by atoms with van der Waals surface area (Å²) in [4.78, 5) is 16.3. The maximum Gasteiger partial charge on any atom is 0.432 e. The first kappa shape index (κ1) is 25.4. The zero-order chi connectivity index (χ0) is 25.4. The summed E-state index contributed by atoms with van der Waals surface area (Å²) < 4.78 is 58.4. The van der Waals surface area contributed by atoms with Crippen molar-refractivity contribution in [1.29, 1.82) is 5.41 Å². The van der Waals surface area contributed by atoms with Crippen molar-refractivity contribution < 1.29 is 27.1 Å². The molecule has 2 aliphatic heterocycles. The van der Waals surface area contributed by atoms with Crippen LogP contribution < -0.4 is 10.6 Å². The molecule has 35 heavy (non-hydrogen) atoms. The number of nitrogens with one attached hydrogen (secondary N) is 3. The largest absolute Gasteiger partial charge is 0.432 e. The van der Waals surface area contributed by atoms with Crippen molar-refractivity contribution in [2.45, 2.75) is 42.9 Å². The zero-order valence-corrected chi connectivity index (χ0v) is 19.8. The number of benzene rings is 1. The molecular formula is C24H31F4N5O2. The third kappa shape index (κ3) is 5.16. The molecule has 1 saturated carbocycles. The summed E-state index contributed by atoms with van der Waals surface area (Å²) in [6.07, 6.45) is -1.71. The van der Waals surface area contributed by atoms with E-state index in [1.165, 1.54) is 17.0 Å². The van der Waals surface area contributed by atoms with Crippen LogP contribution in [0, 0.1) is 17.1 Å².